The zero-order chi connectivity index (χ0) is 24.3. The van der Waals surface area contributed by atoms with Crippen LogP contribution in [-0.2, 0) is 30.8 Å². The molecule has 2 aliphatic rings. The highest BCUT2D eigenvalue weighted by atomic mass is 32.2. The number of hydrogen-bond acceptors (Lipinski definition) is 8. The maximum Gasteiger partial charge on any atom is 0.338 e. The van der Waals surface area contributed by atoms with Crippen LogP contribution in [-0.4, -0.2) is 63.8 Å². The highest BCUT2D eigenvalue weighted by molar-refractivity contribution is 7.89. The minimum atomic E-state index is -3.79. The van der Waals surface area contributed by atoms with Crippen molar-refractivity contribution in [3.05, 3.63) is 53.1 Å². The first-order chi connectivity index (χ1) is 16.3. The molecule has 0 aliphatic carbocycles. The topological polar surface area (TPSA) is 120 Å². The summed E-state index contributed by atoms with van der Waals surface area (Å²) in [5, 5.41) is 2.71. The SMILES string of the molecule is Cc1ccc(C(=O)O[C@H](C)C(=O)NCc2ccc3c(c2)OCO3)cc1S(=O)(=O)N1CCOCC1. The van der Waals surface area contributed by atoms with Crippen molar-refractivity contribution in [3.8, 4) is 11.5 Å². The van der Waals surface area contributed by atoms with Crippen LogP contribution in [0.1, 0.15) is 28.4 Å². The van der Waals surface area contributed by atoms with Gasteiger partial charge in [0.25, 0.3) is 5.91 Å². The molecular weight excluding hydrogens is 464 g/mol. The molecule has 0 bridgehead atoms. The number of hydrogen-bond donors (Lipinski definition) is 1. The van der Waals surface area contributed by atoms with Crippen molar-refractivity contribution >= 4 is 21.9 Å². The lowest BCUT2D eigenvalue weighted by Gasteiger charge is -2.26. The lowest BCUT2D eigenvalue weighted by molar-refractivity contribution is -0.129. The Kier molecular flexibility index (Phi) is 7.05. The largest absolute Gasteiger partial charge is 0.454 e. The summed E-state index contributed by atoms with van der Waals surface area (Å²) in [6.45, 7) is 4.61. The Morgan fingerprint density at radius 1 is 1.09 bits per heavy atom. The van der Waals surface area contributed by atoms with Crippen LogP contribution < -0.4 is 14.8 Å². The second-order valence-electron chi connectivity index (χ2n) is 7.95. The molecule has 2 aromatic carbocycles. The van der Waals surface area contributed by atoms with E-state index in [1.165, 1.54) is 23.4 Å². The van der Waals surface area contributed by atoms with Crippen molar-refractivity contribution < 1.29 is 37.0 Å². The van der Waals surface area contributed by atoms with Gasteiger partial charge in [0.15, 0.2) is 17.6 Å². The number of ether oxygens (including phenoxy) is 4. The summed E-state index contributed by atoms with van der Waals surface area (Å²) in [7, 11) is -3.79. The number of carbonyl (C=O) groups is 2. The van der Waals surface area contributed by atoms with Crippen LogP contribution >= 0.6 is 0 Å². The standard InChI is InChI=1S/C23H26N2O8S/c1-15-3-5-18(12-21(15)34(28,29)25-7-9-30-10-8-25)23(27)33-16(2)22(26)24-13-17-4-6-19-20(11-17)32-14-31-19/h3-6,11-12,16H,7-10,13-14H2,1-2H3,(H,24,26)/t16-/m1/s1. The maximum atomic E-state index is 13.0. The highest BCUT2D eigenvalue weighted by Crippen LogP contribution is 2.32. The third-order valence-corrected chi connectivity index (χ3v) is 7.61. The molecule has 0 saturated carbocycles. The third-order valence-electron chi connectivity index (χ3n) is 5.57. The zero-order valence-corrected chi connectivity index (χ0v) is 19.7. The number of aryl methyl sites for hydroxylation is 1. The van der Waals surface area contributed by atoms with Crippen molar-refractivity contribution in [1.82, 2.24) is 9.62 Å². The first-order valence-electron chi connectivity index (χ1n) is 10.8. The number of fused-ring (bicyclic) bond motifs is 1. The van der Waals surface area contributed by atoms with Crippen molar-refractivity contribution in [1.29, 1.82) is 0 Å². The number of benzene rings is 2. The van der Waals surface area contributed by atoms with Crippen LogP contribution in [0, 0.1) is 6.92 Å². The van der Waals surface area contributed by atoms with E-state index < -0.39 is 28.0 Å². The van der Waals surface area contributed by atoms with Crippen LogP contribution in [0.5, 0.6) is 11.5 Å². The second kappa shape index (κ2) is 10.00. The van der Waals surface area contributed by atoms with Gasteiger partial charge in [-0.05, 0) is 49.2 Å². The van der Waals surface area contributed by atoms with Crippen molar-refractivity contribution in [2.45, 2.75) is 31.4 Å². The predicted molar refractivity (Wildman–Crippen MR) is 120 cm³/mol. The molecule has 2 heterocycles. The van der Waals surface area contributed by atoms with Crippen molar-refractivity contribution in [2.24, 2.45) is 0 Å². The Bertz CT molecular complexity index is 1190. The van der Waals surface area contributed by atoms with Gasteiger partial charge in [0.1, 0.15) is 0 Å². The molecule has 11 heteroatoms. The highest BCUT2D eigenvalue weighted by Gasteiger charge is 2.29. The van der Waals surface area contributed by atoms with E-state index in [1.54, 1.807) is 31.2 Å². The van der Waals surface area contributed by atoms with Crippen LogP contribution in [0.15, 0.2) is 41.3 Å². The quantitative estimate of drug-likeness (QED) is 0.581. The maximum absolute atomic E-state index is 13.0. The molecule has 1 amide bonds. The molecule has 4 rings (SSSR count). The Morgan fingerprint density at radius 3 is 2.59 bits per heavy atom. The van der Waals surface area contributed by atoms with Crippen LogP contribution in [0.4, 0.5) is 0 Å². The van der Waals surface area contributed by atoms with E-state index in [4.69, 9.17) is 18.9 Å². The smallest absolute Gasteiger partial charge is 0.338 e. The average molecular weight is 491 g/mol. The Balaban J connectivity index is 1.38. The Hall–Kier alpha value is -3.15. The van der Waals surface area contributed by atoms with E-state index in [-0.39, 0.29) is 36.9 Å². The zero-order valence-electron chi connectivity index (χ0n) is 18.9. The summed E-state index contributed by atoms with van der Waals surface area (Å²) in [4.78, 5) is 25.1. The van der Waals surface area contributed by atoms with Crippen LogP contribution in [0.25, 0.3) is 0 Å². The fourth-order valence-corrected chi connectivity index (χ4v) is 5.26. The van der Waals surface area contributed by atoms with Gasteiger partial charge in [-0.3, -0.25) is 4.79 Å². The number of nitrogens with zero attached hydrogens (tertiary/aromatic N) is 1. The number of carbonyl (C=O) groups excluding carboxylic acids is 2. The molecule has 1 atom stereocenters. The Morgan fingerprint density at radius 2 is 1.82 bits per heavy atom. The normalized spacial score (nSPS) is 16.6. The summed E-state index contributed by atoms with van der Waals surface area (Å²) in [6, 6.07) is 9.64. The number of sulfonamides is 1. The molecule has 1 N–H and O–H groups in total. The van der Waals surface area contributed by atoms with E-state index in [9.17, 15) is 18.0 Å². The van der Waals surface area contributed by atoms with E-state index in [0.29, 0.717) is 30.3 Å². The summed E-state index contributed by atoms with van der Waals surface area (Å²) in [5.41, 5.74) is 1.36. The molecular formula is C23H26N2O8S. The number of amides is 1. The van der Waals surface area contributed by atoms with Gasteiger partial charge < -0.3 is 24.3 Å². The molecule has 2 aliphatic heterocycles. The molecule has 182 valence electrons. The number of rotatable bonds is 7. The van der Waals surface area contributed by atoms with Gasteiger partial charge in [-0.1, -0.05) is 12.1 Å². The van der Waals surface area contributed by atoms with E-state index in [1.807, 2.05) is 0 Å². The first-order valence-corrected chi connectivity index (χ1v) is 12.3. The fourth-order valence-electron chi connectivity index (χ4n) is 3.60. The monoisotopic (exact) mass is 490 g/mol. The number of morpholine rings is 1. The Labute approximate surface area is 197 Å². The molecule has 10 nitrogen and oxygen atoms in total. The average Bonchev–Trinajstić information content (AvgIpc) is 3.31. The molecule has 0 aromatic heterocycles. The van der Waals surface area contributed by atoms with Gasteiger partial charge >= 0.3 is 5.97 Å². The van der Waals surface area contributed by atoms with Crippen molar-refractivity contribution in [3.63, 3.8) is 0 Å². The van der Waals surface area contributed by atoms with Gasteiger partial charge in [-0.2, -0.15) is 4.31 Å². The summed E-state index contributed by atoms with van der Waals surface area (Å²) in [5.74, 6) is -0.0256. The molecule has 0 radical (unpaired) electrons. The van der Waals surface area contributed by atoms with Gasteiger partial charge in [0, 0.05) is 19.6 Å². The first kappa shape index (κ1) is 24.0. The van der Waals surface area contributed by atoms with Crippen LogP contribution in [0.3, 0.4) is 0 Å². The summed E-state index contributed by atoms with van der Waals surface area (Å²) < 4.78 is 48.5. The number of nitrogens with one attached hydrogen (secondary N) is 1. The molecule has 1 saturated heterocycles. The molecule has 2 aromatic rings. The van der Waals surface area contributed by atoms with Gasteiger partial charge in [-0.15, -0.1) is 0 Å². The third kappa shape index (κ3) is 5.16. The van der Waals surface area contributed by atoms with E-state index in [0.717, 1.165) is 5.56 Å². The second-order valence-corrected chi connectivity index (χ2v) is 9.86. The lowest BCUT2D eigenvalue weighted by Crippen LogP contribution is -2.40. The molecule has 0 unspecified atom stereocenters. The lowest BCUT2D eigenvalue weighted by atomic mass is 10.1. The van der Waals surface area contributed by atoms with Gasteiger partial charge in [0.2, 0.25) is 16.8 Å². The number of esters is 1. The van der Waals surface area contributed by atoms with E-state index in [2.05, 4.69) is 5.32 Å². The van der Waals surface area contributed by atoms with Gasteiger partial charge in [-0.25, -0.2) is 13.2 Å². The van der Waals surface area contributed by atoms with Crippen LogP contribution in [0.2, 0.25) is 0 Å². The molecule has 1 fully saturated rings. The molecule has 0 spiro atoms. The summed E-state index contributed by atoms with van der Waals surface area (Å²) >= 11 is 0. The minimum Gasteiger partial charge on any atom is -0.454 e. The molecule has 34 heavy (non-hydrogen) atoms. The summed E-state index contributed by atoms with van der Waals surface area (Å²) in [6.07, 6.45) is -1.08. The fraction of sp³-hybridized carbons (Fsp3) is 0.391. The van der Waals surface area contributed by atoms with E-state index >= 15 is 0 Å². The minimum absolute atomic E-state index is 0.0313. The van der Waals surface area contributed by atoms with Gasteiger partial charge in [0.05, 0.1) is 23.7 Å². The van der Waals surface area contributed by atoms with Crippen molar-refractivity contribution in [2.75, 3.05) is 33.1 Å². The predicted octanol–water partition coefficient (Wildman–Crippen LogP) is 1.61.